The molecule has 19 heavy (non-hydrogen) atoms. The Hall–Kier alpha value is -1.61. The van der Waals surface area contributed by atoms with Crippen molar-refractivity contribution in [3.8, 4) is 0 Å². The van der Waals surface area contributed by atoms with Gasteiger partial charge in [0.05, 0.1) is 0 Å². The monoisotopic (exact) mass is 257 g/mol. The first-order chi connectivity index (χ1) is 8.89. The normalized spacial score (nSPS) is 13.5. The zero-order valence-electron chi connectivity index (χ0n) is 12.2. The van der Waals surface area contributed by atoms with Gasteiger partial charge in [0.15, 0.2) is 0 Å². The fourth-order valence-electron chi connectivity index (χ4n) is 2.40. The van der Waals surface area contributed by atoms with E-state index in [2.05, 4.69) is 50.0 Å². The Kier molecular flexibility index (Phi) is 3.76. The summed E-state index contributed by atoms with van der Waals surface area (Å²) in [6, 6.07) is 8.43. The Morgan fingerprint density at radius 3 is 2.53 bits per heavy atom. The van der Waals surface area contributed by atoms with E-state index in [4.69, 9.17) is 5.73 Å². The van der Waals surface area contributed by atoms with Crippen LogP contribution in [0.3, 0.4) is 0 Å². The Bertz CT molecular complexity index is 549. The first-order valence-electron chi connectivity index (χ1n) is 6.71. The fourth-order valence-corrected chi connectivity index (χ4v) is 2.40. The molecule has 1 heterocycles. The zero-order chi connectivity index (χ0) is 14.0. The molecule has 0 aliphatic rings. The molecule has 3 nitrogen and oxygen atoms in total. The SMILES string of the molecule is Cn1ccnc1CC(N)c1ccccc1C(C)(C)C. The molecule has 3 heteroatoms. The number of nitrogens with two attached hydrogens (primary N) is 1. The molecule has 0 amide bonds. The standard InChI is InChI=1S/C16H23N3/c1-16(2,3)13-8-6-5-7-12(13)14(17)11-15-18-9-10-19(15)4/h5-10,14H,11,17H2,1-4H3. The molecule has 1 atom stereocenters. The molecule has 0 spiro atoms. The first-order valence-corrected chi connectivity index (χ1v) is 6.71. The van der Waals surface area contributed by atoms with Crippen molar-refractivity contribution in [3.05, 3.63) is 53.6 Å². The van der Waals surface area contributed by atoms with Crippen molar-refractivity contribution in [2.45, 2.75) is 38.6 Å². The molecule has 0 saturated carbocycles. The Balaban J connectivity index is 2.29. The highest BCUT2D eigenvalue weighted by Gasteiger charge is 2.21. The Labute approximate surface area is 115 Å². The van der Waals surface area contributed by atoms with Gasteiger partial charge in [-0.2, -0.15) is 0 Å². The second-order valence-electron chi connectivity index (χ2n) is 6.10. The molecule has 0 fully saturated rings. The molecule has 102 valence electrons. The van der Waals surface area contributed by atoms with Gasteiger partial charge in [-0.25, -0.2) is 4.98 Å². The summed E-state index contributed by atoms with van der Waals surface area (Å²) in [6.07, 6.45) is 4.53. The van der Waals surface area contributed by atoms with Crippen LogP contribution in [0.25, 0.3) is 0 Å². The molecule has 2 aromatic rings. The van der Waals surface area contributed by atoms with Gasteiger partial charge in [-0.1, -0.05) is 45.0 Å². The van der Waals surface area contributed by atoms with Gasteiger partial charge in [0.25, 0.3) is 0 Å². The molecular formula is C16H23N3. The lowest BCUT2D eigenvalue weighted by molar-refractivity contribution is 0.563. The van der Waals surface area contributed by atoms with Crippen molar-refractivity contribution in [2.24, 2.45) is 12.8 Å². The molecule has 1 unspecified atom stereocenters. The van der Waals surface area contributed by atoms with Gasteiger partial charge in [-0.05, 0) is 16.5 Å². The molecule has 0 bridgehead atoms. The van der Waals surface area contributed by atoms with Crippen LogP contribution in [-0.4, -0.2) is 9.55 Å². The van der Waals surface area contributed by atoms with Crippen LogP contribution in [-0.2, 0) is 18.9 Å². The molecule has 2 N–H and O–H groups in total. The van der Waals surface area contributed by atoms with Crippen LogP contribution in [0.2, 0.25) is 0 Å². The second-order valence-corrected chi connectivity index (χ2v) is 6.10. The number of rotatable bonds is 3. The number of benzene rings is 1. The maximum Gasteiger partial charge on any atom is 0.110 e. The lowest BCUT2D eigenvalue weighted by Gasteiger charge is -2.25. The minimum absolute atomic E-state index is 0.0171. The highest BCUT2D eigenvalue weighted by molar-refractivity contribution is 5.35. The van der Waals surface area contributed by atoms with E-state index in [-0.39, 0.29) is 11.5 Å². The van der Waals surface area contributed by atoms with Crippen molar-refractivity contribution in [3.63, 3.8) is 0 Å². The first kappa shape index (κ1) is 13.8. The summed E-state index contributed by atoms with van der Waals surface area (Å²) >= 11 is 0. The van der Waals surface area contributed by atoms with E-state index in [1.165, 1.54) is 11.1 Å². The third-order valence-electron chi connectivity index (χ3n) is 3.49. The van der Waals surface area contributed by atoms with Gasteiger partial charge in [-0.3, -0.25) is 0 Å². The van der Waals surface area contributed by atoms with Crippen LogP contribution in [0, 0.1) is 0 Å². The van der Waals surface area contributed by atoms with Crippen LogP contribution in [0.4, 0.5) is 0 Å². The molecule has 1 aromatic carbocycles. The lowest BCUT2D eigenvalue weighted by atomic mass is 9.81. The second kappa shape index (κ2) is 5.17. The van der Waals surface area contributed by atoms with Gasteiger partial charge in [0.2, 0.25) is 0 Å². The maximum absolute atomic E-state index is 6.40. The topological polar surface area (TPSA) is 43.8 Å². The van der Waals surface area contributed by atoms with Gasteiger partial charge < -0.3 is 10.3 Å². The summed E-state index contributed by atoms with van der Waals surface area (Å²) in [5, 5.41) is 0. The summed E-state index contributed by atoms with van der Waals surface area (Å²) in [5.74, 6) is 1.02. The lowest BCUT2D eigenvalue weighted by Crippen LogP contribution is -2.22. The van der Waals surface area contributed by atoms with E-state index >= 15 is 0 Å². The summed E-state index contributed by atoms with van der Waals surface area (Å²) in [7, 11) is 2.00. The van der Waals surface area contributed by atoms with Gasteiger partial charge in [-0.15, -0.1) is 0 Å². The van der Waals surface area contributed by atoms with E-state index in [1.807, 2.05) is 24.0 Å². The number of hydrogen-bond donors (Lipinski definition) is 1. The molecule has 1 aromatic heterocycles. The maximum atomic E-state index is 6.40. The van der Waals surface area contributed by atoms with Crippen LogP contribution in [0.1, 0.15) is 43.8 Å². The quantitative estimate of drug-likeness (QED) is 0.918. The van der Waals surface area contributed by atoms with E-state index in [1.54, 1.807) is 0 Å². The number of aromatic nitrogens is 2. The van der Waals surface area contributed by atoms with Crippen molar-refractivity contribution in [1.82, 2.24) is 9.55 Å². The van der Waals surface area contributed by atoms with Crippen LogP contribution < -0.4 is 5.73 Å². The number of imidazole rings is 1. The largest absolute Gasteiger partial charge is 0.338 e. The Morgan fingerprint density at radius 1 is 1.26 bits per heavy atom. The number of hydrogen-bond acceptors (Lipinski definition) is 2. The highest BCUT2D eigenvalue weighted by Crippen LogP contribution is 2.29. The zero-order valence-corrected chi connectivity index (χ0v) is 12.2. The number of nitrogens with zero attached hydrogens (tertiary/aromatic N) is 2. The third-order valence-corrected chi connectivity index (χ3v) is 3.49. The summed E-state index contributed by atoms with van der Waals surface area (Å²) < 4.78 is 2.03. The van der Waals surface area contributed by atoms with Crippen LogP contribution in [0.15, 0.2) is 36.7 Å². The summed E-state index contributed by atoms with van der Waals surface area (Å²) in [4.78, 5) is 4.36. The van der Waals surface area contributed by atoms with Gasteiger partial charge in [0, 0.05) is 31.9 Å². The average molecular weight is 257 g/mol. The fraction of sp³-hybridized carbons (Fsp3) is 0.438. The van der Waals surface area contributed by atoms with E-state index in [0.29, 0.717) is 0 Å². The average Bonchev–Trinajstić information content (AvgIpc) is 2.74. The summed E-state index contributed by atoms with van der Waals surface area (Å²) in [5.41, 5.74) is 9.04. The highest BCUT2D eigenvalue weighted by atomic mass is 15.0. The number of aryl methyl sites for hydroxylation is 1. The van der Waals surface area contributed by atoms with Gasteiger partial charge in [0.1, 0.15) is 5.82 Å². The Morgan fingerprint density at radius 2 is 1.95 bits per heavy atom. The van der Waals surface area contributed by atoms with Crippen LogP contribution in [0.5, 0.6) is 0 Å². The molecule has 0 saturated heterocycles. The van der Waals surface area contributed by atoms with E-state index in [0.717, 1.165) is 12.2 Å². The van der Waals surface area contributed by atoms with E-state index < -0.39 is 0 Å². The van der Waals surface area contributed by atoms with Crippen molar-refractivity contribution in [1.29, 1.82) is 0 Å². The smallest absolute Gasteiger partial charge is 0.110 e. The molecule has 0 radical (unpaired) electrons. The van der Waals surface area contributed by atoms with Crippen molar-refractivity contribution < 1.29 is 0 Å². The minimum Gasteiger partial charge on any atom is -0.338 e. The molecule has 0 aliphatic carbocycles. The van der Waals surface area contributed by atoms with Crippen molar-refractivity contribution in [2.75, 3.05) is 0 Å². The van der Waals surface area contributed by atoms with E-state index in [9.17, 15) is 0 Å². The molecular weight excluding hydrogens is 234 g/mol. The predicted octanol–water partition coefficient (Wildman–Crippen LogP) is 2.96. The predicted molar refractivity (Wildman–Crippen MR) is 79.0 cm³/mol. The van der Waals surface area contributed by atoms with Gasteiger partial charge >= 0.3 is 0 Å². The summed E-state index contributed by atoms with van der Waals surface area (Å²) in [6.45, 7) is 6.66. The minimum atomic E-state index is -0.0171. The molecule has 2 rings (SSSR count). The van der Waals surface area contributed by atoms with Crippen molar-refractivity contribution >= 4 is 0 Å². The van der Waals surface area contributed by atoms with Crippen LogP contribution >= 0.6 is 0 Å². The third kappa shape index (κ3) is 3.04. The molecule has 0 aliphatic heterocycles.